The lowest BCUT2D eigenvalue weighted by Gasteiger charge is -2.19. The van der Waals surface area contributed by atoms with Crippen LogP contribution in [0.5, 0.6) is 0 Å². The van der Waals surface area contributed by atoms with Gasteiger partial charge in [-0.2, -0.15) is 13.2 Å². The van der Waals surface area contributed by atoms with Gasteiger partial charge in [0.25, 0.3) is 5.91 Å². The summed E-state index contributed by atoms with van der Waals surface area (Å²) in [7, 11) is 0. The van der Waals surface area contributed by atoms with Crippen LogP contribution in [-0.2, 0) is 4.79 Å². The van der Waals surface area contributed by atoms with E-state index in [1.165, 1.54) is 32.2 Å². The van der Waals surface area contributed by atoms with Crippen LogP contribution in [0, 0.1) is 5.41 Å². The molecule has 0 unspecified atom stereocenters. The first-order chi connectivity index (χ1) is 10.0. The number of hydrogen-bond acceptors (Lipinski definition) is 4. The standard InChI is InChI=1S/C13H15F3N2O3S/c1-12(2,11(20)21)5-7-17-9(19)8-4-3-6-18-10(8)22-13(14,15)16/h3-4,6H,5,7H2,1-2H3,(H,17,19)(H,20,21). The van der Waals surface area contributed by atoms with Gasteiger partial charge in [0, 0.05) is 24.5 Å². The van der Waals surface area contributed by atoms with E-state index in [-0.39, 0.29) is 18.5 Å². The van der Waals surface area contributed by atoms with Gasteiger partial charge in [0.2, 0.25) is 0 Å². The Hall–Kier alpha value is -1.77. The number of carboxylic acid groups (broad SMARTS) is 1. The minimum atomic E-state index is -4.55. The SMILES string of the molecule is CC(C)(CCNC(=O)c1cccnc1SC(F)(F)F)C(=O)O. The van der Waals surface area contributed by atoms with Gasteiger partial charge in [-0.3, -0.25) is 9.59 Å². The van der Waals surface area contributed by atoms with E-state index in [1.807, 2.05) is 0 Å². The molecule has 1 aromatic heterocycles. The van der Waals surface area contributed by atoms with Crippen molar-refractivity contribution in [3.63, 3.8) is 0 Å². The number of rotatable bonds is 6. The summed E-state index contributed by atoms with van der Waals surface area (Å²) >= 11 is -0.466. The summed E-state index contributed by atoms with van der Waals surface area (Å²) in [5.41, 5.74) is -5.78. The van der Waals surface area contributed by atoms with Crippen LogP contribution in [-0.4, -0.2) is 34.0 Å². The number of nitrogens with zero attached hydrogens (tertiary/aromatic N) is 1. The second-order valence-electron chi connectivity index (χ2n) is 5.10. The van der Waals surface area contributed by atoms with Crippen molar-refractivity contribution in [2.45, 2.75) is 30.8 Å². The lowest BCUT2D eigenvalue weighted by Crippen LogP contribution is -2.32. The number of nitrogens with one attached hydrogen (secondary N) is 1. The normalized spacial score (nSPS) is 12.0. The molecule has 9 heteroatoms. The predicted octanol–water partition coefficient (Wildman–Crippen LogP) is 2.92. The van der Waals surface area contributed by atoms with Gasteiger partial charge < -0.3 is 10.4 Å². The molecule has 0 fully saturated rings. The average molecular weight is 336 g/mol. The molecule has 0 atom stereocenters. The second kappa shape index (κ2) is 6.99. The number of carboxylic acids is 1. The van der Waals surface area contributed by atoms with Gasteiger partial charge in [0.15, 0.2) is 0 Å². The highest BCUT2D eigenvalue weighted by atomic mass is 32.2. The van der Waals surface area contributed by atoms with Gasteiger partial charge in [0.1, 0.15) is 5.03 Å². The molecule has 0 aliphatic carbocycles. The number of thioether (sulfide) groups is 1. The molecule has 0 aliphatic heterocycles. The Morgan fingerprint density at radius 3 is 2.55 bits per heavy atom. The fraction of sp³-hybridized carbons (Fsp3) is 0.462. The van der Waals surface area contributed by atoms with Gasteiger partial charge in [-0.05, 0) is 32.4 Å². The van der Waals surface area contributed by atoms with Crippen molar-refractivity contribution in [2.75, 3.05) is 6.54 Å². The molecule has 0 bridgehead atoms. The highest BCUT2D eigenvalue weighted by Gasteiger charge is 2.32. The smallest absolute Gasteiger partial charge is 0.447 e. The van der Waals surface area contributed by atoms with Crippen molar-refractivity contribution in [3.05, 3.63) is 23.9 Å². The maximum atomic E-state index is 12.4. The fourth-order valence-corrected chi connectivity index (χ4v) is 2.05. The van der Waals surface area contributed by atoms with Crippen LogP contribution in [0.3, 0.4) is 0 Å². The number of amides is 1. The first-order valence-electron chi connectivity index (χ1n) is 6.25. The third kappa shape index (κ3) is 5.55. The second-order valence-corrected chi connectivity index (χ2v) is 6.15. The van der Waals surface area contributed by atoms with E-state index in [1.54, 1.807) is 0 Å². The fourth-order valence-electron chi connectivity index (χ4n) is 1.45. The van der Waals surface area contributed by atoms with Crippen LogP contribution in [0.25, 0.3) is 0 Å². The number of halogens is 3. The lowest BCUT2D eigenvalue weighted by molar-refractivity contribution is -0.147. The first kappa shape index (κ1) is 18.3. The molecule has 1 amide bonds. The van der Waals surface area contributed by atoms with E-state index in [0.717, 1.165) is 0 Å². The Morgan fingerprint density at radius 2 is 2.00 bits per heavy atom. The van der Waals surface area contributed by atoms with E-state index < -0.39 is 39.6 Å². The zero-order valence-electron chi connectivity index (χ0n) is 11.9. The Kier molecular flexibility index (Phi) is 5.81. The van der Waals surface area contributed by atoms with E-state index in [0.29, 0.717) is 0 Å². The van der Waals surface area contributed by atoms with Crippen LogP contribution in [0.1, 0.15) is 30.6 Å². The van der Waals surface area contributed by atoms with Crippen molar-refractivity contribution < 1.29 is 27.9 Å². The summed E-state index contributed by atoms with van der Waals surface area (Å²) in [6.07, 6.45) is 1.31. The number of hydrogen-bond donors (Lipinski definition) is 2. The van der Waals surface area contributed by atoms with Crippen LogP contribution in [0.15, 0.2) is 23.4 Å². The van der Waals surface area contributed by atoms with Crippen molar-refractivity contribution in [2.24, 2.45) is 5.41 Å². The van der Waals surface area contributed by atoms with Gasteiger partial charge in [-0.15, -0.1) is 0 Å². The lowest BCUT2D eigenvalue weighted by atomic mass is 9.90. The average Bonchev–Trinajstić information content (AvgIpc) is 2.36. The largest absolute Gasteiger partial charge is 0.481 e. The van der Waals surface area contributed by atoms with Crippen LogP contribution in [0.4, 0.5) is 13.2 Å². The molecular weight excluding hydrogens is 321 g/mol. The minimum absolute atomic E-state index is 0.0309. The molecule has 0 aromatic carbocycles. The van der Waals surface area contributed by atoms with Gasteiger partial charge >= 0.3 is 11.5 Å². The Bertz CT molecular complexity index is 562. The number of aromatic nitrogens is 1. The molecule has 0 saturated heterocycles. The molecule has 1 heterocycles. The topological polar surface area (TPSA) is 79.3 Å². The summed E-state index contributed by atoms with van der Waals surface area (Å²) in [5.74, 6) is -1.74. The van der Waals surface area contributed by atoms with Crippen molar-refractivity contribution in [3.8, 4) is 0 Å². The predicted molar refractivity (Wildman–Crippen MR) is 74.5 cm³/mol. The highest BCUT2D eigenvalue weighted by molar-refractivity contribution is 8.00. The van der Waals surface area contributed by atoms with Crippen LogP contribution >= 0.6 is 11.8 Å². The monoisotopic (exact) mass is 336 g/mol. The van der Waals surface area contributed by atoms with Crippen molar-refractivity contribution in [1.82, 2.24) is 10.3 Å². The number of aliphatic carboxylic acids is 1. The zero-order valence-corrected chi connectivity index (χ0v) is 12.7. The number of pyridine rings is 1. The van der Waals surface area contributed by atoms with Crippen molar-refractivity contribution in [1.29, 1.82) is 0 Å². The summed E-state index contributed by atoms with van der Waals surface area (Å²) in [4.78, 5) is 26.4. The summed E-state index contributed by atoms with van der Waals surface area (Å²) in [6, 6.07) is 2.59. The maximum absolute atomic E-state index is 12.4. The number of carbonyl (C=O) groups is 2. The van der Waals surface area contributed by atoms with E-state index >= 15 is 0 Å². The first-order valence-corrected chi connectivity index (χ1v) is 7.07. The minimum Gasteiger partial charge on any atom is -0.481 e. The molecule has 0 radical (unpaired) electrons. The van der Waals surface area contributed by atoms with E-state index in [4.69, 9.17) is 5.11 Å². The molecule has 0 saturated carbocycles. The van der Waals surface area contributed by atoms with Gasteiger partial charge in [0.05, 0.1) is 11.0 Å². The van der Waals surface area contributed by atoms with Gasteiger partial charge in [-0.25, -0.2) is 4.98 Å². The Balaban J connectivity index is 2.73. The molecule has 1 rings (SSSR count). The molecule has 0 aliphatic rings. The summed E-state index contributed by atoms with van der Waals surface area (Å²) < 4.78 is 37.2. The van der Waals surface area contributed by atoms with Crippen molar-refractivity contribution >= 4 is 23.6 Å². The Morgan fingerprint density at radius 1 is 1.36 bits per heavy atom. The Labute approximate surface area is 129 Å². The molecule has 2 N–H and O–H groups in total. The van der Waals surface area contributed by atoms with Gasteiger partial charge in [-0.1, -0.05) is 0 Å². The molecule has 1 aromatic rings. The summed E-state index contributed by atoms with van der Waals surface area (Å²) in [5, 5.41) is 10.9. The highest BCUT2D eigenvalue weighted by Crippen LogP contribution is 2.37. The molecule has 122 valence electrons. The summed E-state index contributed by atoms with van der Waals surface area (Å²) in [6.45, 7) is 3.02. The van der Waals surface area contributed by atoms with Crippen LogP contribution < -0.4 is 5.32 Å². The maximum Gasteiger partial charge on any atom is 0.447 e. The molecule has 22 heavy (non-hydrogen) atoms. The third-order valence-corrected chi connectivity index (χ3v) is 3.59. The molecule has 5 nitrogen and oxygen atoms in total. The quantitative estimate of drug-likeness (QED) is 0.781. The molecule has 0 spiro atoms. The zero-order chi connectivity index (χ0) is 17.0. The number of alkyl halides is 3. The third-order valence-electron chi connectivity index (χ3n) is 2.84. The number of carbonyl (C=O) groups excluding carboxylic acids is 1. The van der Waals surface area contributed by atoms with E-state index in [2.05, 4.69) is 10.3 Å². The van der Waals surface area contributed by atoms with Crippen LogP contribution in [0.2, 0.25) is 0 Å². The van der Waals surface area contributed by atoms with E-state index in [9.17, 15) is 22.8 Å². The molecular formula is C13H15F3N2O3S.